The van der Waals surface area contributed by atoms with Gasteiger partial charge in [-0.25, -0.2) is 0 Å². The highest BCUT2D eigenvalue weighted by molar-refractivity contribution is 6.31. The summed E-state index contributed by atoms with van der Waals surface area (Å²) in [5.74, 6) is -2.19. The van der Waals surface area contributed by atoms with Crippen LogP contribution in [0, 0.1) is 11.8 Å². The summed E-state index contributed by atoms with van der Waals surface area (Å²) in [5.41, 5.74) is 0.755. The number of likely N-dealkylation sites (tertiary alicyclic amines) is 1. The summed E-state index contributed by atoms with van der Waals surface area (Å²) in [4.78, 5) is 49.5. The fourth-order valence-corrected chi connectivity index (χ4v) is 3.60. The Morgan fingerprint density at radius 1 is 1.11 bits per heavy atom. The van der Waals surface area contributed by atoms with Crippen LogP contribution in [-0.4, -0.2) is 41.7 Å². The van der Waals surface area contributed by atoms with E-state index < -0.39 is 18.5 Å². The van der Waals surface area contributed by atoms with Crippen molar-refractivity contribution in [2.75, 3.05) is 13.2 Å². The topological polar surface area (TPSA) is 92.8 Å². The maximum absolute atomic E-state index is 12.3. The van der Waals surface area contributed by atoms with Crippen molar-refractivity contribution < 1.29 is 23.9 Å². The van der Waals surface area contributed by atoms with Gasteiger partial charge < -0.3 is 10.1 Å². The van der Waals surface area contributed by atoms with Crippen LogP contribution in [0.4, 0.5) is 0 Å². The first-order valence-corrected chi connectivity index (χ1v) is 9.51. The second kappa shape index (κ2) is 9.01. The summed E-state index contributed by atoms with van der Waals surface area (Å²) in [7, 11) is 0. The van der Waals surface area contributed by atoms with Crippen LogP contribution in [0.15, 0.2) is 36.4 Å². The number of nitrogens with zero attached hydrogens (tertiary/aromatic N) is 1. The Morgan fingerprint density at radius 2 is 1.75 bits per heavy atom. The number of hydrogen-bond acceptors (Lipinski definition) is 5. The van der Waals surface area contributed by atoms with E-state index in [0.717, 1.165) is 10.5 Å². The number of ether oxygens (including phenoxy) is 1. The van der Waals surface area contributed by atoms with Crippen molar-refractivity contribution in [1.82, 2.24) is 10.2 Å². The minimum atomic E-state index is -0.638. The SMILES string of the molecule is O=C(COC(=O)CCN1C(=O)[C@H]2CC=CC[C@@H]2C1=O)NCc1ccccc1Cl. The lowest BCUT2D eigenvalue weighted by molar-refractivity contribution is -0.150. The van der Waals surface area contributed by atoms with Crippen LogP contribution in [0.2, 0.25) is 5.02 Å². The lowest BCUT2D eigenvalue weighted by Gasteiger charge is -2.14. The number of halogens is 1. The van der Waals surface area contributed by atoms with Gasteiger partial charge in [-0.1, -0.05) is 42.0 Å². The highest BCUT2D eigenvalue weighted by Crippen LogP contribution is 2.34. The number of carbonyl (C=O) groups excluding carboxylic acids is 4. The Hall–Kier alpha value is -2.67. The molecule has 0 bridgehead atoms. The minimum Gasteiger partial charge on any atom is -0.456 e. The first-order valence-electron chi connectivity index (χ1n) is 9.13. The van der Waals surface area contributed by atoms with E-state index in [-0.39, 0.29) is 43.2 Å². The summed E-state index contributed by atoms with van der Waals surface area (Å²) in [6, 6.07) is 7.10. The Bertz CT molecular complexity index is 797. The number of carbonyl (C=O) groups is 4. The molecule has 1 aromatic carbocycles. The largest absolute Gasteiger partial charge is 0.456 e. The Kier molecular flexibility index (Phi) is 6.46. The van der Waals surface area contributed by atoms with Crippen molar-refractivity contribution in [1.29, 1.82) is 0 Å². The number of hydrogen-bond donors (Lipinski definition) is 1. The third-order valence-electron chi connectivity index (χ3n) is 4.94. The summed E-state index contributed by atoms with van der Waals surface area (Å²) in [6.07, 6.45) is 4.79. The van der Waals surface area contributed by atoms with E-state index in [1.807, 2.05) is 12.2 Å². The lowest BCUT2D eigenvalue weighted by Crippen LogP contribution is -2.34. The molecule has 8 heteroatoms. The maximum atomic E-state index is 12.3. The summed E-state index contributed by atoms with van der Waals surface area (Å²) < 4.78 is 4.93. The monoisotopic (exact) mass is 404 g/mol. The molecule has 2 aliphatic rings. The molecule has 1 aliphatic carbocycles. The normalized spacial score (nSPS) is 20.8. The number of nitrogens with one attached hydrogen (secondary N) is 1. The van der Waals surface area contributed by atoms with Crippen LogP contribution >= 0.6 is 11.6 Å². The smallest absolute Gasteiger partial charge is 0.308 e. The van der Waals surface area contributed by atoms with E-state index in [4.69, 9.17) is 16.3 Å². The molecule has 0 aromatic heterocycles. The third-order valence-corrected chi connectivity index (χ3v) is 5.31. The third kappa shape index (κ3) is 4.59. The standard InChI is InChI=1S/C20H21ClN2O5/c21-16-8-4-1-5-13(16)11-22-17(24)12-28-18(25)9-10-23-19(26)14-6-2-3-7-15(14)20(23)27/h1-5,8,14-15H,6-7,9-12H2,(H,22,24)/t14-,15-/m0/s1. The molecule has 0 radical (unpaired) electrons. The van der Waals surface area contributed by atoms with Gasteiger partial charge in [0.15, 0.2) is 6.61 Å². The average molecular weight is 405 g/mol. The fourth-order valence-electron chi connectivity index (χ4n) is 3.40. The zero-order valence-corrected chi connectivity index (χ0v) is 16.0. The maximum Gasteiger partial charge on any atom is 0.308 e. The number of esters is 1. The minimum absolute atomic E-state index is 0.0231. The molecule has 1 fully saturated rings. The van der Waals surface area contributed by atoms with Crippen molar-refractivity contribution in [2.45, 2.75) is 25.8 Å². The van der Waals surface area contributed by atoms with Crippen molar-refractivity contribution in [2.24, 2.45) is 11.8 Å². The number of fused-ring (bicyclic) bond motifs is 1. The molecule has 3 amide bonds. The van der Waals surface area contributed by atoms with E-state index in [1.54, 1.807) is 24.3 Å². The predicted molar refractivity (Wildman–Crippen MR) is 101 cm³/mol. The van der Waals surface area contributed by atoms with E-state index in [9.17, 15) is 19.2 Å². The van der Waals surface area contributed by atoms with Gasteiger partial charge in [0.25, 0.3) is 5.91 Å². The van der Waals surface area contributed by atoms with Crippen molar-refractivity contribution in [3.8, 4) is 0 Å². The zero-order chi connectivity index (χ0) is 20.1. The zero-order valence-electron chi connectivity index (χ0n) is 15.2. The van der Waals surface area contributed by atoms with Crippen molar-refractivity contribution >= 4 is 35.3 Å². The molecular formula is C20H21ClN2O5. The highest BCUT2D eigenvalue weighted by atomic mass is 35.5. The quantitative estimate of drug-likeness (QED) is 0.425. The van der Waals surface area contributed by atoms with Gasteiger partial charge in [0, 0.05) is 18.1 Å². The lowest BCUT2D eigenvalue weighted by atomic mass is 9.85. The van der Waals surface area contributed by atoms with Crippen LogP contribution in [0.5, 0.6) is 0 Å². The molecule has 7 nitrogen and oxygen atoms in total. The van der Waals surface area contributed by atoms with Gasteiger partial charge in [0.1, 0.15) is 0 Å². The summed E-state index contributed by atoms with van der Waals surface area (Å²) in [6.45, 7) is -0.227. The Morgan fingerprint density at radius 3 is 2.39 bits per heavy atom. The number of imide groups is 1. The molecule has 2 atom stereocenters. The number of amides is 3. The summed E-state index contributed by atoms with van der Waals surface area (Å²) in [5, 5.41) is 3.15. The van der Waals surface area contributed by atoms with Crippen LogP contribution in [-0.2, 0) is 30.5 Å². The second-order valence-corrected chi connectivity index (χ2v) is 7.17. The molecule has 148 valence electrons. The first-order chi connectivity index (χ1) is 13.5. The van der Waals surface area contributed by atoms with Gasteiger partial charge in [-0.15, -0.1) is 0 Å². The molecule has 0 saturated carbocycles. The van der Waals surface area contributed by atoms with Gasteiger partial charge in [-0.2, -0.15) is 0 Å². The molecule has 1 aliphatic heterocycles. The predicted octanol–water partition coefficient (Wildman–Crippen LogP) is 1.84. The van der Waals surface area contributed by atoms with E-state index >= 15 is 0 Å². The number of benzene rings is 1. The van der Waals surface area contributed by atoms with Crippen molar-refractivity contribution in [3.63, 3.8) is 0 Å². The first kappa shape index (κ1) is 20.1. The number of rotatable bonds is 7. The van der Waals surface area contributed by atoms with Crippen LogP contribution in [0.25, 0.3) is 0 Å². The number of allylic oxidation sites excluding steroid dienone is 2. The van der Waals surface area contributed by atoms with Crippen LogP contribution < -0.4 is 5.32 Å². The van der Waals surface area contributed by atoms with Gasteiger partial charge >= 0.3 is 5.97 Å². The van der Waals surface area contributed by atoms with E-state index in [1.165, 1.54) is 0 Å². The van der Waals surface area contributed by atoms with E-state index in [0.29, 0.717) is 17.9 Å². The summed E-state index contributed by atoms with van der Waals surface area (Å²) >= 11 is 6.01. The van der Waals surface area contributed by atoms with Gasteiger partial charge in [0.2, 0.25) is 11.8 Å². The van der Waals surface area contributed by atoms with E-state index in [2.05, 4.69) is 5.32 Å². The molecule has 1 aromatic rings. The molecule has 1 saturated heterocycles. The van der Waals surface area contributed by atoms with Gasteiger partial charge in [0.05, 0.1) is 18.3 Å². The van der Waals surface area contributed by atoms with Crippen LogP contribution in [0.3, 0.4) is 0 Å². The Balaban J connectivity index is 1.39. The average Bonchev–Trinajstić information content (AvgIpc) is 2.94. The molecular weight excluding hydrogens is 384 g/mol. The van der Waals surface area contributed by atoms with Gasteiger partial charge in [-0.05, 0) is 24.5 Å². The molecule has 1 heterocycles. The van der Waals surface area contributed by atoms with Gasteiger partial charge in [-0.3, -0.25) is 24.1 Å². The second-order valence-electron chi connectivity index (χ2n) is 6.76. The fraction of sp³-hybridized carbons (Fsp3) is 0.400. The molecule has 0 spiro atoms. The molecule has 3 rings (SSSR count). The van der Waals surface area contributed by atoms with Crippen molar-refractivity contribution in [3.05, 3.63) is 47.0 Å². The molecule has 28 heavy (non-hydrogen) atoms. The molecule has 0 unspecified atom stereocenters. The molecule has 1 N–H and O–H groups in total. The highest BCUT2D eigenvalue weighted by Gasteiger charge is 2.46. The Labute approximate surface area is 167 Å². The van der Waals surface area contributed by atoms with Crippen LogP contribution in [0.1, 0.15) is 24.8 Å².